The second kappa shape index (κ2) is 5.44. The molecule has 1 N–H and O–H groups in total. The van der Waals surface area contributed by atoms with E-state index in [2.05, 4.69) is 5.32 Å². The molecule has 6 heteroatoms. The first kappa shape index (κ1) is 14.8. The van der Waals surface area contributed by atoms with Gasteiger partial charge in [-0.1, -0.05) is 30.3 Å². The molecule has 1 amide bonds. The van der Waals surface area contributed by atoms with Gasteiger partial charge in [-0.25, -0.2) is 0 Å². The van der Waals surface area contributed by atoms with E-state index in [1.807, 2.05) is 6.07 Å². The molecule has 1 unspecified atom stereocenters. The minimum atomic E-state index is -4.53. The number of alkyl halides is 3. The zero-order valence-electron chi connectivity index (χ0n) is 11.2. The molecule has 0 aromatic heterocycles. The molecule has 0 aliphatic carbocycles. The quantitative estimate of drug-likeness (QED) is 0.924. The van der Waals surface area contributed by atoms with E-state index < -0.39 is 17.5 Å². The average Bonchev–Trinajstić information content (AvgIpc) is 2.89. The van der Waals surface area contributed by atoms with Crippen LogP contribution in [-0.2, 0) is 11.3 Å². The van der Waals surface area contributed by atoms with Crippen molar-refractivity contribution in [2.24, 2.45) is 5.41 Å². The van der Waals surface area contributed by atoms with E-state index in [9.17, 15) is 18.0 Å². The molecular weight excluding hydrogens is 269 g/mol. The lowest BCUT2D eigenvalue weighted by molar-refractivity contribution is -0.221. The van der Waals surface area contributed by atoms with E-state index >= 15 is 0 Å². The van der Waals surface area contributed by atoms with Gasteiger partial charge in [-0.15, -0.1) is 0 Å². The van der Waals surface area contributed by atoms with E-state index in [0.717, 1.165) is 10.5 Å². The fraction of sp³-hybridized carbons (Fsp3) is 0.500. The molecule has 1 atom stereocenters. The molecule has 0 radical (unpaired) electrons. The summed E-state index contributed by atoms with van der Waals surface area (Å²) in [6.07, 6.45) is -4.73. The predicted octanol–water partition coefficient (Wildman–Crippen LogP) is 2.19. The van der Waals surface area contributed by atoms with Gasteiger partial charge in [-0.2, -0.15) is 13.2 Å². The molecule has 1 saturated heterocycles. The van der Waals surface area contributed by atoms with Crippen LogP contribution < -0.4 is 5.32 Å². The molecular formula is C14H17F3N2O. The van der Waals surface area contributed by atoms with Crippen LogP contribution in [0.25, 0.3) is 0 Å². The highest BCUT2D eigenvalue weighted by molar-refractivity contribution is 5.84. The van der Waals surface area contributed by atoms with E-state index in [4.69, 9.17) is 0 Å². The Morgan fingerprint density at radius 2 is 2.00 bits per heavy atom. The smallest absolute Gasteiger partial charge is 0.341 e. The molecule has 3 nitrogen and oxygen atoms in total. The number of amides is 1. The first-order chi connectivity index (χ1) is 9.37. The molecule has 1 heterocycles. The van der Waals surface area contributed by atoms with Crippen LogP contribution in [0.5, 0.6) is 0 Å². The Morgan fingerprint density at radius 3 is 2.50 bits per heavy atom. The monoisotopic (exact) mass is 286 g/mol. The number of nitrogens with zero attached hydrogens (tertiary/aromatic N) is 1. The Balaban J connectivity index is 2.16. The first-order valence-electron chi connectivity index (χ1n) is 6.44. The molecule has 1 aliphatic rings. The molecule has 1 aromatic carbocycles. The highest BCUT2D eigenvalue weighted by atomic mass is 19.4. The normalized spacial score (nSPS) is 22.8. The zero-order valence-corrected chi connectivity index (χ0v) is 11.2. The van der Waals surface area contributed by atoms with Crippen molar-refractivity contribution in [3.63, 3.8) is 0 Å². The van der Waals surface area contributed by atoms with Gasteiger partial charge in [0.25, 0.3) is 0 Å². The predicted molar refractivity (Wildman–Crippen MR) is 68.9 cm³/mol. The van der Waals surface area contributed by atoms with Crippen LogP contribution >= 0.6 is 0 Å². The van der Waals surface area contributed by atoms with Gasteiger partial charge in [0.05, 0.1) is 0 Å². The third kappa shape index (κ3) is 2.65. The van der Waals surface area contributed by atoms with Crippen LogP contribution in [0.15, 0.2) is 30.3 Å². The maximum Gasteiger partial charge on any atom is 0.404 e. The van der Waals surface area contributed by atoms with E-state index in [-0.39, 0.29) is 26.1 Å². The number of carbonyl (C=O) groups is 1. The van der Waals surface area contributed by atoms with E-state index in [1.165, 1.54) is 7.05 Å². The van der Waals surface area contributed by atoms with Crippen LogP contribution in [0.4, 0.5) is 13.2 Å². The number of rotatable bonds is 3. The van der Waals surface area contributed by atoms with Gasteiger partial charge < -0.3 is 10.2 Å². The van der Waals surface area contributed by atoms with Crippen LogP contribution in [0.1, 0.15) is 12.0 Å². The summed E-state index contributed by atoms with van der Waals surface area (Å²) in [6.45, 7) is 0.0520. The lowest BCUT2D eigenvalue weighted by atomic mass is 9.84. The maximum atomic E-state index is 13.3. The van der Waals surface area contributed by atoms with Crippen LogP contribution in [-0.4, -0.2) is 37.1 Å². The van der Waals surface area contributed by atoms with Gasteiger partial charge >= 0.3 is 6.18 Å². The van der Waals surface area contributed by atoms with Crippen molar-refractivity contribution in [2.75, 3.05) is 20.1 Å². The van der Waals surface area contributed by atoms with Crippen molar-refractivity contribution in [3.05, 3.63) is 35.9 Å². The van der Waals surface area contributed by atoms with Crippen molar-refractivity contribution in [1.29, 1.82) is 0 Å². The van der Waals surface area contributed by atoms with Gasteiger partial charge in [0.15, 0.2) is 5.41 Å². The Kier molecular flexibility index (Phi) is 4.04. The molecule has 0 bridgehead atoms. The van der Waals surface area contributed by atoms with Crippen molar-refractivity contribution in [1.82, 2.24) is 10.2 Å². The summed E-state index contributed by atoms with van der Waals surface area (Å²) in [4.78, 5) is 13.4. The summed E-state index contributed by atoms with van der Waals surface area (Å²) in [5, 5.41) is 2.65. The Morgan fingerprint density at radius 1 is 1.35 bits per heavy atom. The summed E-state index contributed by atoms with van der Waals surface area (Å²) < 4.78 is 39.8. The van der Waals surface area contributed by atoms with Gasteiger partial charge in [0.2, 0.25) is 5.91 Å². The van der Waals surface area contributed by atoms with Gasteiger partial charge in [0, 0.05) is 20.1 Å². The van der Waals surface area contributed by atoms with Crippen LogP contribution in [0.3, 0.4) is 0 Å². The van der Waals surface area contributed by atoms with Crippen molar-refractivity contribution < 1.29 is 18.0 Å². The summed E-state index contributed by atoms with van der Waals surface area (Å²) in [7, 11) is 1.42. The molecule has 0 saturated carbocycles. The minimum Gasteiger partial charge on any atom is -0.341 e. The standard InChI is InChI=1S/C14H17F3N2O/c1-19(9-11-5-3-2-4-6-11)12(20)13(14(15,16)17)7-8-18-10-13/h2-6,18H,7-10H2,1H3. The highest BCUT2D eigenvalue weighted by Gasteiger charge is 2.62. The maximum absolute atomic E-state index is 13.3. The summed E-state index contributed by atoms with van der Waals surface area (Å²) in [6, 6.07) is 8.99. The molecule has 2 rings (SSSR count). The summed E-state index contributed by atoms with van der Waals surface area (Å²) >= 11 is 0. The van der Waals surface area contributed by atoms with Crippen molar-refractivity contribution in [3.8, 4) is 0 Å². The third-order valence-electron chi connectivity index (χ3n) is 3.72. The van der Waals surface area contributed by atoms with Gasteiger partial charge in [-0.05, 0) is 18.5 Å². The number of carbonyl (C=O) groups excluding carboxylic acids is 1. The Labute approximate surface area is 115 Å². The molecule has 1 fully saturated rings. The largest absolute Gasteiger partial charge is 0.404 e. The summed E-state index contributed by atoms with van der Waals surface area (Å²) in [5.74, 6) is -0.862. The highest BCUT2D eigenvalue weighted by Crippen LogP contribution is 2.44. The van der Waals surface area contributed by atoms with E-state index in [0.29, 0.717) is 0 Å². The fourth-order valence-electron chi connectivity index (χ4n) is 2.53. The lowest BCUT2D eigenvalue weighted by Crippen LogP contribution is -2.52. The second-order valence-corrected chi connectivity index (χ2v) is 5.15. The Bertz CT molecular complexity index is 467. The average molecular weight is 286 g/mol. The van der Waals surface area contributed by atoms with E-state index in [1.54, 1.807) is 24.3 Å². The molecule has 110 valence electrons. The zero-order chi connectivity index (χ0) is 14.8. The minimum absolute atomic E-state index is 0.178. The van der Waals surface area contributed by atoms with Crippen LogP contribution in [0, 0.1) is 5.41 Å². The molecule has 20 heavy (non-hydrogen) atoms. The number of nitrogens with one attached hydrogen (secondary N) is 1. The number of hydrogen-bond donors (Lipinski definition) is 1. The van der Waals surface area contributed by atoms with Crippen molar-refractivity contribution in [2.45, 2.75) is 19.1 Å². The first-order valence-corrected chi connectivity index (χ1v) is 6.44. The van der Waals surface area contributed by atoms with Gasteiger partial charge in [-0.3, -0.25) is 4.79 Å². The summed E-state index contributed by atoms with van der Waals surface area (Å²) in [5.41, 5.74) is -1.47. The SMILES string of the molecule is CN(Cc1ccccc1)C(=O)C1(C(F)(F)F)CCNC1. The third-order valence-corrected chi connectivity index (χ3v) is 3.72. The lowest BCUT2D eigenvalue weighted by Gasteiger charge is -2.33. The second-order valence-electron chi connectivity index (χ2n) is 5.15. The molecule has 0 spiro atoms. The topological polar surface area (TPSA) is 32.3 Å². The molecule has 1 aliphatic heterocycles. The number of halogens is 3. The van der Waals surface area contributed by atoms with Crippen LogP contribution in [0.2, 0.25) is 0 Å². The van der Waals surface area contributed by atoms with Crippen molar-refractivity contribution >= 4 is 5.91 Å². The Hall–Kier alpha value is -1.56. The van der Waals surface area contributed by atoms with Gasteiger partial charge in [0.1, 0.15) is 0 Å². The molecule has 1 aromatic rings. The number of hydrogen-bond acceptors (Lipinski definition) is 2. The number of benzene rings is 1. The fourth-order valence-corrected chi connectivity index (χ4v) is 2.53.